The van der Waals surface area contributed by atoms with Gasteiger partial charge >= 0.3 is 0 Å². The molecule has 1 atom stereocenters. The molecule has 0 saturated heterocycles. The molecule has 32 heavy (non-hydrogen) atoms. The maximum atomic E-state index is 12.4. The molecule has 1 aliphatic rings. The first-order valence-corrected chi connectivity index (χ1v) is 13.2. The fourth-order valence-electron chi connectivity index (χ4n) is 4.01. The molecule has 1 aromatic heterocycles. The SMILES string of the molecule is CCCN(c1cc2cc(n1)NCCCCc1cccc(c1)CC(C)(N)COC2)S(C)(=O)=O. The van der Waals surface area contributed by atoms with Crippen LogP contribution in [0, 0.1) is 0 Å². The first kappa shape index (κ1) is 24.5. The fraction of sp³-hybridized carbons (Fsp3) is 0.542. The van der Waals surface area contributed by atoms with Crippen LogP contribution in [0.5, 0.6) is 0 Å². The number of aryl methyl sites for hydroxylation is 1. The van der Waals surface area contributed by atoms with Gasteiger partial charge in [0.15, 0.2) is 0 Å². The number of aromatic nitrogens is 1. The molecule has 0 aliphatic carbocycles. The summed E-state index contributed by atoms with van der Waals surface area (Å²) in [6, 6.07) is 12.3. The maximum Gasteiger partial charge on any atom is 0.233 e. The first-order valence-electron chi connectivity index (χ1n) is 11.3. The Bertz CT molecular complexity index is 1010. The Balaban J connectivity index is 1.87. The maximum absolute atomic E-state index is 12.4. The number of hydrogen-bond donors (Lipinski definition) is 2. The number of anilines is 2. The Morgan fingerprint density at radius 1 is 1.19 bits per heavy atom. The van der Waals surface area contributed by atoms with Crippen molar-refractivity contribution >= 4 is 21.7 Å². The van der Waals surface area contributed by atoms with Crippen molar-refractivity contribution in [2.45, 2.75) is 58.1 Å². The summed E-state index contributed by atoms with van der Waals surface area (Å²) in [7, 11) is -3.43. The summed E-state index contributed by atoms with van der Waals surface area (Å²) in [5, 5.41) is 3.37. The molecule has 0 radical (unpaired) electrons. The van der Waals surface area contributed by atoms with E-state index in [1.54, 1.807) is 6.07 Å². The first-order chi connectivity index (χ1) is 15.2. The summed E-state index contributed by atoms with van der Waals surface area (Å²) in [5.41, 5.74) is 9.44. The van der Waals surface area contributed by atoms with Crippen LogP contribution in [-0.4, -0.2) is 44.9 Å². The molecule has 0 fully saturated rings. The Morgan fingerprint density at radius 3 is 2.72 bits per heavy atom. The number of nitrogens with zero attached hydrogens (tertiary/aromatic N) is 2. The molecule has 4 bridgehead atoms. The second-order valence-electron chi connectivity index (χ2n) is 9.08. The van der Waals surface area contributed by atoms with E-state index in [0.29, 0.717) is 37.8 Å². The van der Waals surface area contributed by atoms with Crippen LogP contribution in [0.3, 0.4) is 0 Å². The molecule has 0 spiro atoms. The molecule has 1 aliphatic heterocycles. The van der Waals surface area contributed by atoms with Gasteiger partial charge < -0.3 is 15.8 Å². The van der Waals surface area contributed by atoms with Crippen molar-refractivity contribution in [3.63, 3.8) is 0 Å². The van der Waals surface area contributed by atoms with E-state index in [-0.39, 0.29) is 0 Å². The van der Waals surface area contributed by atoms with E-state index >= 15 is 0 Å². The zero-order valence-corrected chi connectivity index (χ0v) is 20.2. The zero-order valence-electron chi connectivity index (χ0n) is 19.4. The summed E-state index contributed by atoms with van der Waals surface area (Å²) < 4.78 is 32.1. The van der Waals surface area contributed by atoms with E-state index < -0.39 is 15.6 Å². The van der Waals surface area contributed by atoms with Gasteiger partial charge in [-0.1, -0.05) is 31.2 Å². The molecule has 1 unspecified atom stereocenters. The van der Waals surface area contributed by atoms with Crippen molar-refractivity contribution in [1.29, 1.82) is 0 Å². The minimum absolute atomic E-state index is 0.334. The van der Waals surface area contributed by atoms with Crippen molar-refractivity contribution in [3.05, 3.63) is 53.1 Å². The highest BCUT2D eigenvalue weighted by Gasteiger charge is 2.22. The molecule has 2 aromatic rings. The number of benzene rings is 1. The van der Waals surface area contributed by atoms with Crippen molar-refractivity contribution in [3.8, 4) is 0 Å². The third-order valence-corrected chi connectivity index (χ3v) is 6.62. The van der Waals surface area contributed by atoms with Crippen molar-refractivity contribution < 1.29 is 13.2 Å². The minimum Gasteiger partial charge on any atom is -0.375 e. The zero-order chi connectivity index (χ0) is 23.2. The van der Waals surface area contributed by atoms with Crippen LogP contribution in [0.15, 0.2) is 36.4 Å². The Labute approximate surface area is 192 Å². The van der Waals surface area contributed by atoms with E-state index in [1.807, 2.05) is 19.9 Å². The van der Waals surface area contributed by atoms with Gasteiger partial charge in [-0.2, -0.15) is 0 Å². The predicted molar refractivity (Wildman–Crippen MR) is 131 cm³/mol. The van der Waals surface area contributed by atoms with Gasteiger partial charge in [0.2, 0.25) is 10.0 Å². The van der Waals surface area contributed by atoms with Gasteiger partial charge in [-0.25, -0.2) is 13.4 Å². The van der Waals surface area contributed by atoms with Gasteiger partial charge in [0.1, 0.15) is 11.6 Å². The topological polar surface area (TPSA) is 97.6 Å². The van der Waals surface area contributed by atoms with Crippen molar-refractivity contribution in [1.82, 2.24) is 4.98 Å². The predicted octanol–water partition coefficient (Wildman–Crippen LogP) is 3.48. The average molecular weight is 461 g/mol. The van der Waals surface area contributed by atoms with E-state index in [1.165, 1.54) is 21.7 Å². The normalized spacial score (nSPS) is 20.4. The van der Waals surface area contributed by atoms with E-state index in [2.05, 4.69) is 34.6 Å². The number of nitrogens with one attached hydrogen (secondary N) is 1. The third-order valence-electron chi connectivity index (χ3n) is 5.45. The molecule has 8 heteroatoms. The number of sulfonamides is 1. The lowest BCUT2D eigenvalue weighted by molar-refractivity contribution is 0.0791. The van der Waals surface area contributed by atoms with E-state index in [0.717, 1.165) is 37.8 Å². The van der Waals surface area contributed by atoms with E-state index in [9.17, 15) is 8.42 Å². The second-order valence-corrected chi connectivity index (χ2v) is 11.0. The van der Waals surface area contributed by atoms with Gasteiger partial charge in [0.05, 0.1) is 19.5 Å². The van der Waals surface area contributed by atoms with Crippen molar-refractivity contribution in [2.75, 3.05) is 35.6 Å². The number of ether oxygens (including phenoxy) is 1. The molecule has 2 heterocycles. The van der Waals surface area contributed by atoms with Crippen LogP contribution < -0.4 is 15.4 Å². The molecule has 7 nitrogen and oxygen atoms in total. The molecule has 0 amide bonds. The number of fused-ring (bicyclic) bond motifs is 4. The fourth-order valence-corrected chi connectivity index (χ4v) is 4.96. The summed E-state index contributed by atoms with van der Waals surface area (Å²) in [4.78, 5) is 4.60. The molecular weight excluding hydrogens is 424 g/mol. The Hall–Kier alpha value is -2.16. The highest BCUT2D eigenvalue weighted by molar-refractivity contribution is 7.92. The van der Waals surface area contributed by atoms with Crippen LogP contribution in [0.25, 0.3) is 0 Å². The summed E-state index contributed by atoms with van der Waals surface area (Å²) in [5.74, 6) is 1.08. The largest absolute Gasteiger partial charge is 0.375 e. The minimum atomic E-state index is -3.43. The molecular formula is C24H36N4O3S. The van der Waals surface area contributed by atoms with Gasteiger partial charge in [-0.3, -0.25) is 4.31 Å². The Kier molecular flexibility index (Phi) is 8.14. The lowest BCUT2D eigenvalue weighted by Gasteiger charge is -2.26. The molecule has 3 N–H and O–H groups in total. The molecule has 1 aromatic carbocycles. The summed E-state index contributed by atoms with van der Waals surface area (Å²) in [6.45, 7) is 5.83. The van der Waals surface area contributed by atoms with Gasteiger partial charge in [-0.15, -0.1) is 0 Å². The van der Waals surface area contributed by atoms with Crippen LogP contribution >= 0.6 is 0 Å². The van der Waals surface area contributed by atoms with Crippen LogP contribution in [0.4, 0.5) is 11.6 Å². The summed E-state index contributed by atoms with van der Waals surface area (Å²) in [6.07, 6.45) is 5.69. The standard InChI is InChI=1S/C24H36N4O3S/c1-4-12-28(32(3,29)30)23-15-21-14-22(27-23)26-11-6-5-8-19-9-7-10-20(13-19)16-24(2,25)18-31-17-21/h7,9-10,13-15H,4-6,8,11-12,16-18,25H2,1-3H3,(H,26,27). The number of hydrogen-bond acceptors (Lipinski definition) is 6. The quantitative estimate of drug-likeness (QED) is 0.725. The Morgan fingerprint density at radius 2 is 1.97 bits per heavy atom. The monoisotopic (exact) mass is 460 g/mol. The second kappa shape index (κ2) is 10.6. The number of pyridine rings is 1. The number of rotatable bonds is 4. The van der Waals surface area contributed by atoms with Crippen molar-refractivity contribution in [2.24, 2.45) is 5.73 Å². The highest BCUT2D eigenvalue weighted by Crippen LogP contribution is 2.23. The summed E-state index contributed by atoms with van der Waals surface area (Å²) >= 11 is 0. The lowest BCUT2D eigenvalue weighted by Crippen LogP contribution is -2.43. The molecule has 176 valence electrons. The highest BCUT2D eigenvalue weighted by atomic mass is 32.2. The number of nitrogens with two attached hydrogens (primary N) is 1. The van der Waals surface area contributed by atoms with E-state index in [4.69, 9.17) is 10.5 Å². The van der Waals surface area contributed by atoms with Gasteiger partial charge in [0, 0.05) is 18.6 Å². The molecule has 3 rings (SSSR count). The average Bonchev–Trinajstić information content (AvgIpc) is 2.70. The third kappa shape index (κ3) is 7.18. The molecule has 0 saturated carbocycles. The lowest BCUT2D eigenvalue weighted by atomic mass is 9.93. The smallest absolute Gasteiger partial charge is 0.233 e. The van der Waals surface area contributed by atoms with Gasteiger partial charge in [0.25, 0.3) is 0 Å². The van der Waals surface area contributed by atoms with Crippen LogP contribution in [0.2, 0.25) is 0 Å². The van der Waals surface area contributed by atoms with Crippen LogP contribution in [0.1, 0.15) is 49.8 Å². The van der Waals surface area contributed by atoms with Gasteiger partial charge in [-0.05, 0) is 67.9 Å². The van der Waals surface area contributed by atoms with Crippen LogP contribution in [-0.2, 0) is 34.2 Å².